The Kier molecular flexibility index (Phi) is 6.84. The van der Waals surface area contributed by atoms with Crippen LogP contribution >= 0.6 is 0 Å². The molecular weight excluding hydrogens is 244 g/mol. The van der Waals surface area contributed by atoms with Gasteiger partial charge < -0.3 is 15.7 Å². The molecule has 110 valence electrons. The molecule has 1 heterocycles. The van der Waals surface area contributed by atoms with E-state index in [1.54, 1.807) is 6.92 Å². The molecule has 0 aromatic carbocycles. The number of rotatable bonds is 8. The van der Waals surface area contributed by atoms with Crippen molar-refractivity contribution in [3.63, 3.8) is 0 Å². The number of amides is 1. The van der Waals surface area contributed by atoms with Crippen molar-refractivity contribution < 1.29 is 14.7 Å². The molecule has 5 heteroatoms. The van der Waals surface area contributed by atoms with Crippen LogP contribution < -0.4 is 10.6 Å². The molecule has 3 N–H and O–H groups in total. The predicted octanol–water partition coefficient (Wildman–Crippen LogP) is 1.52. The van der Waals surface area contributed by atoms with Crippen molar-refractivity contribution in [3.8, 4) is 0 Å². The molecule has 1 amide bonds. The van der Waals surface area contributed by atoms with E-state index >= 15 is 0 Å². The van der Waals surface area contributed by atoms with Gasteiger partial charge in [0.2, 0.25) is 5.91 Å². The molecule has 1 saturated heterocycles. The molecule has 3 atom stereocenters. The van der Waals surface area contributed by atoms with Crippen LogP contribution in [-0.4, -0.2) is 35.6 Å². The van der Waals surface area contributed by atoms with Crippen LogP contribution in [0.3, 0.4) is 0 Å². The summed E-state index contributed by atoms with van der Waals surface area (Å²) in [6, 6.07) is 0.453. The van der Waals surface area contributed by atoms with Gasteiger partial charge >= 0.3 is 5.97 Å². The molecule has 0 aromatic heterocycles. The average molecular weight is 270 g/mol. The van der Waals surface area contributed by atoms with Crippen LogP contribution in [-0.2, 0) is 9.59 Å². The van der Waals surface area contributed by atoms with E-state index in [1.165, 1.54) is 0 Å². The second-order valence-corrected chi connectivity index (χ2v) is 5.64. The first kappa shape index (κ1) is 16.0. The first-order valence-corrected chi connectivity index (χ1v) is 7.24. The lowest BCUT2D eigenvalue weighted by Crippen LogP contribution is -2.36. The van der Waals surface area contributed by atoms with Crippen molar-refractivity contribution in [1.82, 2.24) is 10.6 Å². The maximum atomic E-state index is 11.8. The number of carboxylic acids is 1. The van der Waals surface area contributed by atoms with E-state index < -0.39 is 5.97 Å². The zero-order chi connectivity index (χ0) is 14.3. The zero-order valence-corrected chi connectivity index (χ0v) is 11.9. The topological polar surface area (TPSA) is 78.4 Å². The number of carboxylic acid groups (broad SMARTS) is 1. The summed E-state index contributed by atoms with van der Waals surface area (Å²) < 4.78 is 0. The molecule has 1 aliphatic heterocycles. The molecule has 1 aliphatic rings. The van der Waals surface area contributed by atoms with Crippen molar-refractivity contribution in [3.05, 3.63) is 0 Å². The minimum atomic E-state index is -0.746. The van der Waals surface area contributed by atoms with Crippen molar-refractivity contribution >= 4 is 11.9 Å². The summed E-state index contributed by atoms with van der Waals surface area (Å²) in [6.45, 7) is 4.71. The van der Waals surface area contributed by atoms with Gasteiger partial charge in [0.25, 0.3) is 0 Å². The fourth-order valence-electron chi connectivity index (χ4n) is 2.41. The molecule has 0 spiro atoms. The molecule has 3 unspecified atom stereocenters. The quantitative estimate of drug-likeness (QED) is 0.625. The second kappa shape index (κ2) is 8.15. The maximum Gasteiger partial charge on any atom is 0.306 e. The van der Waals surface area contributed by atoms with Gasteiger partial charge in [0.1, 0.15) is 0 Å². The minimum Gasteiger partial charge on any atom is -0.481 e. The lowest BCUT2D eigenvalue weighted by molar-refractivity contribution is -0.141. The van der Waals surface area contributed by atoms with Crippen molar-refractivity contribution in [2.24, 2.45) is 5.92 Å². The Balaban J connectivity index is 2.10. The van der Waals surface area contributed by atoms with E-state index in [-0.39, 0.29) is 17.9 Å². The summed E-state index contributed by atoms with van der Waals surface area (Å²) in [4.78, 5) is 22.4. The third-order valence-corrected chi connectivity index (χ3v) is 3.70. The predicted molar refractivity (Wildman–Crippen MR) is 73.9 cm³/mol. The molecule has 0 bridgehead atoms. The van der Waals surface area contributed by atoms with Crippen LogP contribution in [0.15, 0.2) is 0 Å². The van der Waals surface area contributed by atoms with E-state index in [0.29, 0.717) is 18.9 Å². The summed E-state index contributed by atoms with van der Waals surface area (Å²) >= 11 is 0. The summed E-state index contributed by atoms with van der Waals surface area (Å²) in [5, 5.41) is 15.1. The van der Waals surface area contributed by atoms with Crippen LogP contribution in [0.25, 0.3) is 0 Å². The largest absolute Gasteiger partial charge is 0.481 e. The number of carbonyl (C=O) groups excluding carboxylic acids is 1. The van der Waals surface area contributed by atoms with Gasteiger partial charge in [-0.3, -0.25) is 9.59 Å². The highest BCUT2D eigenvalue weighted by Crippen LogP contribution is 2.11. The monoisotopic (exact) mass is 270 g/mol. The van der Waals surface area contributed by atoms with Gasteiger partial charge in [-0.2, -0.15) is 0 Å². The molecule has 0 aromatic rings. The minimum absolute atomic E-state index is 0.0955. The van der Waals surface area contributed by atoms with Gasteiger partial charge in [0.05, 0.1) is 5.92 Å². The maximum absolute atomic E-state index is 11.8. The van der Waals surface area contributed by atoms with E-state index in [0.717, 1.165) is 32.2 Å². The summed E-state index contributed by atoms with van der Waals surface area (Å²) in [7, 11) is 0. The molecule has 0 saturated carbocycles. The highest BCUT2D eigenvalue weighted by atomic mass is 16.4. The average Bonchev–Trinajstić information content (AvgIpc) is 2.81. The van der Waals surface area contributed by atoms with Gasteiger partial charge in [-0.25, -0.2) is 0 Å². The smallest absolute Gasteiger partial charge is 0.306 e. The summed E-state index contributed by atoms with van der Waals surface area (Å²) in [5.41, 5.74) is 0. The fraction of sp³-hybridized carbons (Fsp3) is 0.857. The van der Waals surface area contributed by atoms with Crippen LogP contribution in [0, 0.1) is 5.92 Å². The first-order valence-electron chi connectivity index (χ1n) is 7.24. The third kappa shape index (κ3) is 6.57. The molecular formula is C14H26N2O3. The Labute approximate surface area is 115 Å². The lowest BCUT2D eigenvalue weighted by Gasteiger charge is -2.16. The number of hydrogen-bond donors (Lipinski definition) is 3. The molecule has 1 rings (SSSR count). The highest BCUT2D eigenvalue weighted by molar-refractivity contribution is 5.76. The molecule has 1 fully saturated rings. The van der Waals surface area contributed by atoms with E-state index in [2.05, 4.69) is 10.6 Å². The number of nitrogens with one attached hydrogen (secondary N) is 2. The van der Waals surface area contributed by atoms with Gasteiger partial charge in [0, 0.05) is 18.5 Å². The number of aliphatic carboxylic acids is 1. The number of carbonyl (C=O) groups is 2. The summed E-state index contributed by atoms with van der Waals surface area (Å²) in [6.07, 6.45) is 5.12. The third-order valence-electron chi connectivity index (χ3n) is 3.70. The first-order chi connectivity index (χ1) is 8.99. The Morgan fingerprint density at radius 2 is 2.11 bits per heavy atom. The highest BCUT2D eigenvalue weighted by Gasteiger charge is 2.18. The lowest BCUT2D eigenvalue weighted by atomic mass is 10.0. The Morgan fingerprint density at radius 3 is 2.68 bits per heavy atom. The van der Waals surface area contributed by atoms with Gasteiger partial charge in [-0.1, -0.05) is 13.3 Å². The Hall–Kier alpha value is -1.10. The van der Waals surface area contributed by atoms with Crippen molar-refractivity contribution in [2.75, 3.05) is 6.54 Å². The van der Waals surface area contributed by atoms with Gasteiger partial charge in [-0.15, -0.1) is 0 Å². The SMILES string of the molecule is CC(CCCC(C)C(=O)O)NC(=O)CC1CCCN1. The van der Waals surface area contributed by atoms with Crippen molar-refractivity contribution in [2.45, 2.75) is 64.5 Å². The Morgan fingerprint density at radius 1 is 1.37 bits per heavy atom. The summed E-state index contributed by atoms with van der Waals surface area (Å²) in [5.74, 6) is -0.951. The second-order valence-electron chi connectivity index (χ2n) is 5.64. The molecule has 19 heavy (non-hydrogen) atoms. The molecule has 5 nitrogen and oxygen atoms in total. The van der Waals surface area contributed by atoms with Crippen molar-refractivity contribution in [1.29, 1.82) is 0 Å². The standard InChI is InChI=1S/C14H26N2O3/c1-10(14(18)19)5-3-6-11(2)16-13(17)9-12-7-4-8-15-12/h10-12,15H,3-9H2,1-2H3,(H,16,17)(H,18,19). The van der Waals surface area contributed by atoms with E-state index in [9.17, 15) is 9.59 Å². The fourth-order valence-corrected chi connectivity index (χ4v) is 2.41. The van der Waals surface area contributed by atoms with Crippen LogP contribution in [0.5, 0.6) is 0 Å². The molecule has 0 radical (unpaired) electrons. The zero-order valence-electron chi connectivity index (χ0n) is 11.9. The number of hydrogen-bond acceptors (Lipinski definition) is 3. The Bertz CT molecular complexity index is 301. The van der Waals surface area contributed by atoms with E-state index in [1.807, 2.05) is 6.92 Å². The molecule has 0 aliphatic carbocycles. The van der Waals surface area contributed by atoms with Crippen LogP contribution in [0.1, 0.15) is 52.4 Å². The normalized spacial score (nSPS) is 21.9. The van der Waals surface area contributed by atoms with Crippen LogP contribution in [0.2, 0.25) is 0 Å². The van der Waals surface area contributed by atoms with Gasteiger partial charge in [0.15, 0.2) is 0 Å². The van der Waals surface area contributed by atoms with Gasteiger partial charge in [-0.05, 0) is 39.2 Å². The van der Waals surface area contributed by atoms with E-state index in [4.69, 9.17) is 5.11 Å². The van der Waals surface area contributed by atoms with Crippen LogP contribution in [0.4, 0.5) is 0 Å².